The van der Waals surface area contributed by atoms with E-state index in [4.69, 9.17) is 4.74 Å². The molecule has 4 heteroatoms. The van der Waals surface area contributed by atoms with Crippen LogP contribution in [0.5, 0.6) is 11.5 Å². The van der Waals surface area contributed by atoms with Crippen molar-refractivity contribution in [1.82, 2.24) is 0 Å². The summed E-state index contributed by atoms with van der Waals surface area (Å²) in [4.78, 5) is 11.8. The van der Waals surface area contributed by atoms with Crippen LogP contribution in [0.2, 0.25) is 0 Å². The van der Waals surface area contributed by atoms with Crippen LogP contribution in [0, 0.1) is 5.41 Å². The van der Waals surface area contributed by atoms with E-state index in [0.29, 0.717) is 24.0 Å². The monoisotopic (exact) mass is 360 g/mol. The minimum Gasteiger partial charge on any atom is -0.508 e. The van der Waals surface area contributed by atoms with Gasteiger partial charge in [0.05, 0.1) is 0 Å². The lowest BCUT2D eigenvalue weighted by atomic mass is 9.75. The Labute approximate surface area is 156 Å². The fraction of sp³-hybridized carbons (Fsp3) is 0.591. The summed E-state index contributed by atoms with van der Waals surface area (Å²) in [6.07, 6.45) is 6.76. The summed E-state index contributed by atoms with van der Waals surface area (Å²) in [5.74, 6) is -0.664. The molecule has 0 saturated carbocycles. The number of aromatic carboxylic acids is 1. The summed E-state index contributed by atoms with van der Waals surface area (Å²) in [7, 11) is 0. The number of hydrogen-bond acceptors (Lipinski definition) is 3. The molecule has 0 radical (unpaired) electrons. The Kier molecular flexibility index (Phi) is 6.74. The number of phenols is 1. The van der Waals surface area contributed by atoms with Crippen LogP contribution in [0.1, 0.15) is 82.1 Å². The number of hydrogen-bond donors (Lipinski definition) is 2. The molecule has 2 N–H and O–H groups in total. The van der Waals surface area contributed by atoms with Crippen LogP contribution in [0.25, 0.3) is 0 Å². The lowest BCUT2D eigenvalue weighted by Gasteiger charge is -2.32. The SMILES string of the molecule is CCCCCc1cc(O)cc(OCC2=C(C)CC(C)(C)CC2)c1C(=O)O. The first-order chi connectivity index (χ1) is 12.2. The topological polar surface area (TPSA) is 66.8 Å². The zero-order chi connectivity index (χ0) is 19.3. The van der Waals surface area contributed by atoms with Gasteiger partial charge in [-0.05, 0) is 61.6 Å². The van der Waals surface area contributed by atoms with Crippen molar-refractivity contribution in [2.75, 3.05) is 6.61 Å². The van der Waals surface area contributed by atoms with E-state index in [0.717, 1.165) is 38.5 Å². The fourth-order valence-corrected chi connectivity index (χ4v) is 3.77. The van der Waals surface area contributed by atoms with Crippen molar-refractivity contribution in [3.05, 3.63) is 34.4 Å². The second-order valence-corrected chi connectivity index (χ2v) is 8.25. The summed E-state index contributed by atoms with van der Waals surface area (Å²) < 4.78 is 5.91. The number of ether oxygens (including phenoxy) is 1. The van der Waals surface area contributed by atoms with Gasteiger partial charge in [-0.25, -0.2) is 4.79 Å². The molecular weight excluding hydrogens is 328 g/mol. The molecule has 0 aliphatic heterocycles. The normalized spacial score (nSPS) is 16.6. The number of aryl methyl sites for hydroxylation is 1. The van der Waals surface area contributed by atoms with Crippen molar-refractivity contribution in [1.29, 1.82) is 0 Å². The van der Waals surface area contributed by atoms with E-state index in [-0.39, 0.29) is 17.1 Å². The Bertz CT molecular complexity index is 686. The molecule has 0 aromatic heterocycles. The number of carboxylic acids is 1. The van der Waals surface area contributed by atoms with Gasteiger partial charge in [0.2, 0.25) is 0 Å². The minimum absolute atomic E-state index is 0.0620. The number of carboxylic acid groups (broad SMARTS) is 1. The highest BCUT2D eigenvalue weighted by molar-refractivity contribution is 5.93. The molecule has 2 rings (SSSR count). The molecule has 1 aliphatic carbocycles. The molecule has 0 spiro atoms. The third kappa shape index (κ3) is 5.26. The maximum absolute atomic E-state index is 11.8. The molecule has 1 aliphatic rings. The first-order valence-corrected chi connectivity index (χ1v) is 9.63. The number of carbonyl (C=O) groups is 1. The zero-order valence-electron chi connectivity index (χ0n) is 16.5. The lowest BCUT2D eigenvalue weighted by Crippen LogP contribution is -2.20. The molecule has 0 amide bonds. The summed E-state index contributed by atoms with van der Waals surface area (Å²) in [5.41, 5.74) is 3.74. The molecule has 144 valence electrons. The third-order valence-corrected chi connectivity index (χ3v) is 5.28. The average molecular weight is 360 g/mol. The van der Waals surface area contributed by atoms with Gasteiger partial charge in [0, 0.05) is 6.07 Å². The van der Waals surface area contributed by atoms with Crippen LogP contribution in [0.3, 0.4) is 0 Å². The second-order valence-electron chi connectivity index (χ2n) is 8.25. The van der Waals surface area contributed by atoms with Crippen LogP contribution >= 0.6 is 0 Å². The van der Waals surface area contributed by atoms with Crippen molar-refractivity contribution >= 4 is 5.97 Å². The predicted octanol–water partition coefficient (Wildman–Crippen LogP) is 5.73. The van der Waals surface area contributed by atoms with Crippen molar-refractivity contribution < 1.29 is 19.7 Å². The van der Waals surface area contributed by atoms with E-state index in [1.165, 1.54) is 17.2 Å². The highest BCUT2D eigenvalue weighted by Crippen LogP contribution is 2.39. The first-order valence-electron chi connectivity index (χ1n) is 9.63. The van der Waals surface area contributed by atoms with E-state index in [9.17, 15) is 15.0 Å². The van der Waals surface area contributed by atoms with Crippen LogP contribution in [0.15, 0.2) is 23.3 Å². The quantitative estimate of drug-likeness (QED) is 0.459. The number of allylic oxidation sites excluding steroid dienone is 1. The molecule has 1 aromatic carbocycles. The van der Waals surface area contributed by atoms with Crippen LogP contribution in [0.4, 0.5) is 0 Å². The maximum atomic E-state index is 11.8. The molecule has 4 nitrogen and oxygen atoms in total. The molecule has 0 unspecified atom stereocenters. The van der Waals surface area contributed by atoms with Gasteiger partial charge in [0.1, 0.15) is 23.7 Å². The van der Waals surface area contributed by atoms with Crippen molar-refractivity contribution in [2.24, 2.45) is 5.41 Å². The first kappa shape index (κ1) is 20.3. The smallest absolute Gasteiger partial charge is 0.339 e. The number of aromatic hydroxyl groups is 1. The summed E-state index contributed by atoms with van der Waals surface area (Å²) >= 11 is 0. The largest absolute Gasteiger partial charge is 0.508 e. The zero-order valence-corrected chi connectivity index (χ0v) is 16.5. The number of phenolic OH excluding ortho intramolecular Hbond substituents is 1. The highest BCUT2D eigenvalue weighted by Gasteiger charge is 2.26. The molecular formula is C22H32O4. The van der Waals surface area contributed by atoms with Gasteiger partial charge >= 0.3 is 5.97 Å². The Morgan fingerprint density at radius 1 is 1.27 bits per heavy atom. The van der Waals surface area contributed by atoms with Gasteiger partial charge in [-0.15, -0.1) is 0 Å². The molecule has 0 atom stereocenters. The van der Waals surface area contributed by atoms with Gasteiger partial charge in [0.25, 0.3) is 0 Å². The Morgan fingerprint density at radius 3 is 2.62 bits per heavy atom. The Balaban J connectivity index is 2.21. The van der Waals surface area contributed by atoms with Gasteiger partial charge in [-0.2, -0.15) is 0 Å². The standard InChI is InChI=1S/C22H32O4/c1-5-6-7-8-16-11-18(23)12-19(20(16)21(24)25)26-14-17-9-10-22(3,4)13-15(17)2/h11-12,23H,5-10,13-14H2,1-4H3,(H,24,25). The van der Waals surface area contributed by atoms with E-state index >= 15 is 0 Å². The third-order valence-electron chi connectivity index (χ3n) is 5.28. The number of rotatable bonds is 8. The van der Waals surface area contributed by atoms with E-state index in [2.05, 4.69) is 27.7 Å². The van der Waals surface area contributed by atoms with Crippen molar-refractivity contribution in [3.63, 3.8) is 0 Å². The molecule has 0 heterocycles. The predicted molar refractivity (Wildman–Crippen MR) is 104 cm³/mol. The van der Waals surface area contributed by atoms with Crippen LogP contribution < -0.4 is 4.74 Å². The van der Waals surface area contributed by atoms with Gasteiger partial charge in [-0.3, -0.25) is 0 Å². The average Bonchev–Trinajstić information content (AvgIpc) is 2.52. The molecule has 26 heavy (non-hydrogen) atoms. The Hall–Kier alpha value is -1.97. The van der Waals surface area contributed by atoms with Gasteiger partial charge in [-0.1, -0.05) is 39.2 Å². The maximum Gasteiger partial charge on any atom is 0.339 e. The number of benzene rings is 1. The van der Waals surface area contributed by atoms with E-state index in [1.54, 1.807) is 6.07 Å². The molecule has 1 aromatic rings. The summed E-state index contributed by atoms with van der Waals surface area (Å²) in [5, 5.41) is 19.7. The lowest BCUT2D eigenvalue weighted by molar-refractivity contribution is 0.0691. The van der Waals surface area contributed by atoms with Crippen LogP contribution in [-0.2, 0) is 6.42 Å². The summed E-state index contributed by atoms with van der Waals surface area (Å²) in [6, 6.07) is 2.98. The molecule has 0 saturated heterocycles. The van der Waals surface area contributed by atoms with Gasteiger partial charge < -0.3 is 14.9 Å². The fourth-order valence-electron chi connectivity index (χ4n) is 3.77. The second kappa shape index (κ2) is 8.61. The minimum atomic E-state index is -0.998. The Morgan fingerprint density at radius 2 is 2.00 bits per heavy atom. The van der Waals surface area contributed by atoms with Crippen molar-refractivity contribution in [2.45, 2.75) is 72.6 Å². The highest BCUT2D eigenvalue weighted by atomic mass is 16.5. The van der Waals surface area contributed by atoms with E-state index in [1.807, 2.05) is 0 Å². The number of unbranched alkanes of at least 4 members (excludes halogenated alkanes) is 2. The molecule has 0 bridgehead atoms. The van der Waals surface area contributed by atoms with Crippen LogP contribution in [-0.4, -0.2) is 22.8 Å². The van der Waals surface area contributed by atoms with E-state index < -0.39 is 5.97 Å². The van der Waals surface area contributed by atoms with Gasteiger partial charge in [0.15, 0.2) is 0 Å². The summed E-state index contributed by atoms with van der Waals surface area (Å²) in [6.45, 7) is 9.18. The van der Waals surface area contributed by atoms with Crippen molar-refractivity contribution in [3.8, 4) is 11.5 Å². The molecule has 0 fully saturated rings.